The van der Waals surface area contributed by atoms with Gasteiger partial charge in [0, 0.05) is 18.4 Å². The molecule has 8 heavy (non-hydrogen) atoms. The monoisotopic (exact) mass is 123 g/mol. The first-order valence-electron chi connectivity index (χ1n) is 6.68. The second-order valence-electron chi connectivity index (χ2n) is 1.45. The number of hydrogen-bond donors (Lipinski definition) is 1. The van der Waals surface area contributed by atoms with E-state index in [0.29, 0.717) is 4.90 Å². The van der Waals surface area contributed by atoms with Crippen molar-refractivity contribution in [1.29, 1.82) is 0 Å². The van der Waals surface area contributed by atoms with Crippen LogP contribution < -0.4 is 5.73 Å². The van der Waals surface area contributed by atoms with E-state index in [2.05, 4.69) is 0 Å². The van der Waals surface area contributed by atoms with Gasteiger partial charge in [0.1, 0.15) is 0 Å². The molecule has 1 heterocycles. The van der Waals surface area contributed by atoms with Gasteiger partial charge in [0.15, 0.2) is 0 Å². The molecule has 48 valence electrons. The maximum Gasteiger partial charge on any atom is 0.0463 e. The minimum Gasteiger partial charge on any atom is -0.328 e. The third-order valence-corrected chi connectivity index (χ3v) is 0.717. The Balaban J connectivity index is 3.56. The van der Waals surface area contributed by atoms with Gasteiger partial charge in [-0.15, -0.1) is 0 Å². The van der Waals surface area contributed by atoms with Crippen LogP contribution in [0.25, 0.3) is 0 Å². The van der Waals surface area contributed by atoms with Crippen molar-refractivity contribution in [3.8, 4) is 0 Å². The van der Waals surface area contributed by atoms with Crippen molar-refractivity contribution < 1.29 is 12.3 Å². The Labute approximate surface area is 63.3 Å². The Hall–Kier alpha value is -0.0800. The van der Waals surface area contributed by atoms with Gasteiger partial charge >= 0.3 is 0 Å². The first-order valence-corrected chi connectivity index (χ1v) is 2.18. The fraction of sp³-hybridized carbons (Fsp3) is 1.00. The van der Waals surface area contributed by atoms with Crippen molar-refractivity contribution in [1.82, 2.24) is 4.90 Å². The third kappa shape index (κ3) is 1.46. The summed E-state index contributed by atoms with van der Waals surface area (Å²) >= 11 is 0. The molecule has 0 aromatic heterocycles. The topological polar surface area (TPSA) is 29.3 Å². The molecule has 2 heteroatoms. The number of nitrogens with zero attached hydrogens (tertiary/aromatic N) is 1. The lowest BCUT2D eigenvalue weighted by Gasteiger charge is -2.25. The van der Waals surface area contributed by atoms with Gasteiger partial charge in [-0.1, -0.05) is 0 Å². The van der Waals surface area contributed by atoms with Crippen LogP contribution in [0, 0.1) is 0 Å². The van der Waals surface area contributed by atoms with Crippen LogP contribution in [-0.4, -0.2) is 31.0 Å². The highest BCUT2D eigenvalue weighted by atomic mass is 15.1. The van der Waals surface area contributed by atoms with Crippen LogP contribution >= 0.6 is 0 Å². The Morgan fingerprint density at radius 3 is 2.75 bits per heavy atom. The van der Waals surface area contributed by atoms with Crippen molar-refractivity contribution >= 4 is 0 Å². The first-order chi connectivity index (χ1) is 7.15. The number of likely N-dealkylation sites (tertiary alicyclic amines) is 1. The first kappa shape index (κ1) is 1.32. The lowest BCUT2D eigenvalue weighted by atomic mass is 10.1. The Morgan fingerprint density at radius 1 is 1.75 bits per heavy atom. The maximum absolute atomic E-state index is 7.55. The van der Waals surface area contributed by atoms with E-state index in [4.69, 9.17) is 18.1 Å². The van der Waals surface area contributed by atoms with Crippen LogP contribution in [0.1, 0.15) is 25.1 Å². The summed E-state index contributed by atoms with van der Waals surface area (Å²) in [6, 6.07) is -3.06. The van der Waals surface area contributed by atoms with Crippen LogP contribution in [0.4, 0.5) is 0 Å². The molecule has 2 nitrogen and oxygen atoms in total. The maximum atomic E-state index is 7.55. The molecule has 1 fully saturated rings. The summed E-state index contributed by atoms with van der Waals surface area (Å²) < 4.78 is 67.8. The summed E-state index contributed by atoms with van der Waals surface area (Å²) in [5, 5.41) is 0. The largest absolute Gasteiger partial charge is 0.328 e. The smallest absolute Gasteiger partial charge is 0.0463 e. The molecule has 1 aliphatic heterocycles. The predicted molar refractivity (Wildman–Crippen MR) is 34.7 cm³/mol. The molecule has 0 saturated carbocycles. The normalized spacial score (nSPS) is 72.0. The van der Waals surface area contributed by atoms with E-state index in [1.165, 1.54) is 0 Å². The Morgan fingerprint density at radius 2 is 2.25 bits per heavy atom. The molecule has 0 aromatic rings. The molecule has 0 bridgehead atoms. The molecule has 0 aromatic carbocycles. The second kappa shape index (κ2) is 2.46. The quantitative estimate of drug-likeness (QED) is 0.493. The van der Waals surface area contributed by atoms with Crippen LogP contribution in [0.3, 0.4) is 0 Å². The van der Waals surface area contributed by atoms with Gasteiger partial charge < -0.3 is 10.6 Å². The number of nitrogens with two attached hydrogens (primary N) is 1. The van der Waals surface area contributed by atoms with Crippen LogP contribution in [0.5, 0.6) is 0 Å². The summed E-state index contributed by atoms with van der Waals surface area (Å²) in [5.74, 6) is 0. The summed E-state index contributed by atoms with van der Waals surface area (Å²) in [5.41, 5.74) is 5.26. The summed E-state index contributed by atoms with van der Waals surface area (Å²) in [4.78, 5) is 0.305. The number of piperidine rings is 1. The highest BCUT2D eigenvalue weighted by Gasteiger charge is 2.10. The zero-order valence-electron chi connectivity index (χ0n) is 13.5. The third-order valence-electron chi connectivity index (χ3n) is 0.717. The predicted octanol–water partition coefficient (Wildman–Crippen LogP) is 0.0393. The van der Waals surface area contributed by atoms with E-state index >= 15 is 0 Å². The average molecular weight is 123 g/mol. The lowest BCUT2D eigenvalue weighted by molar-refractivity contribution is 0.256. The number of rotatable bonds is 0. The molecule has 1 saturated heterocycles. The van der Waals surface area contributed by atoms with Crippen molar-refractivity contribution in [2.45, 2.75) is 18.8 Å². The fourth-order valence-corrected chi connectivity index (χ4v) is 0.347. The molecule has 0 spiro atoms. The van der Waals surface area contributed by atoms with E-state index in [-0.39, 0.29) is 0 Å². The Bertz CT molecular complexity index is 306. The van der Waals surface area contributed by atoms with Crippen LogP contribution in [0.15, 0.2) is 0 Å². The van der Waals surface area contributed by atoms with Crippen molar-refractivity contribution in [2.75, 3.05) is 20.0 Å². The van der Waals surface area contributed by atoms with E-state index in [1.807, 2.05) is 0 Å². The van der Waals surface area contributed by atoms with E-state index in [9.17, 15) is 0 Å². The molecule has 0 atom stereocenters. The second-order valence-corrected chi connectivity index (χ2v) is 1.45. The van der Waals surface area contributed by atoms with Crippen LogP contribution in [-0.2, 0) is 0 Å². The van der Waals surface area contributed by atoms with Crippen LogP contribution in [0.2, 0.25) is 0 Å². The van der Waals surface area contributed by atoms with Gasteiger partial charge in [0.05, 0.1) is 0 Å². The summed E-state index contributed by atoms with van der Waals surface area (Å²) in [6.45, 7) is -5.81. The minimum atomic E-state index is -3.08. The number of hydrogen-bond acceptors (Lipinski definition) is 2. The van der Waals surface area contributed by atoms with Gasteiger partial charge in [0.2, 0.25) is 0 Å². The fourth-order valence-electron chi connectivity index (χ4n) is 0.347. The molecule has 2 N–H and O–H groups in total. The molecule has 1 rings (SSSR count). The van der Waals surface area contributed by atoms with Crippen molar-refractivity contribution in [3.63, 3.8) is 0 Å². The molecular weight excluding hydrogens is 100 g/mol. The molecule has 0 radical (unpaired) electrons. The molecule has 0 amide bonds. The minimum absolute atomic E-state index is 0.305. The highest BCUT2D eigenvalue weighted by molar-refractivity contribution is 4.70. The van der Waals surface area contributed by atoms with Gasteiger partial charge in [-0.25, -0.2) is 0 Å². The lowest BCUT2D eigenvalue weighted by Crippen LogP contribution is -2.37. The van der Waals surface area contributed by atoms with Gasteiger partial charge in [-0.05, 0) is 32.8 Å². The Kier molecular flexibility index (Phi) is 0.408. The van der Waals surface area contributed by atoms with E-state index < -0.39 is 31.8 Å². The summed E-state index contributed by atoms with van der Waals surface area (Å²) in [6.07, 6.45) is -6.16. The zero-order valence-corrected chi connectivity index (χ0v) is 4.52. The van der Waals surface area contributed by atoms with Crippen molar-refractivity contribution in [3.05, 3.63) is 0 Å². The molecule has 0 unspecified atom stereocenters. The standard InChI is InChI=1S/C6H14N2/c1-8-4-2-6(7)3-5-8/h6H,2-5,7H2,1H3/i2D2,3D2,4D2,5D2,6D. The summed E-state index contributed by atoms with van der Waals surface area (Å²) in [7, 11) is 0.922. The average Bonchev–Trinajstić information content (AvgIpc) is 2.13. The van der Waals surface area contributed by atoms with Crippen molar-refractivity contribution in [2.24, 2.45) is 5.73 Å². The van der Waals surface area contributed by atoms with Gasteiger partial charge in [0.25, 0.3) is 0 Å². The molecule has 1 aliphatic rings. The highest BCUT2D eigenvalue weighted by Crippen LogP contribution is 2.04. The van der Waals surface area contributed by atoms with Gasteiger partial charge in [-0.3, -0.25) is 0 Å². The van der Waals surface area contributed by atoms with Gasteiger partial charge in [-0.2, -0.15) is 0 Å². The zero-order chi connectivity index (χ0) is 14.1. The van der Waals surface area contributed by atoms with E-state index in [1.54, 1.807) is 0 Å². The molecule has 0 aliphatic carbocycles. The van der Waals surface area contributed by atoms with E-state index in [0.717, 1.165) is 7.05 Å². The molecular formula is C6H14N2. The SMILES string of the molecule is [2H]C1([2H])N(C)C([2H])([2H])C([2H])([2H])C([2H])(N)C1([2H])[2H].